The van der Waals surface area contributed by atoms with Crippen LogP contribution in [0.3, 0.4) is 0 Å². The van der Waals surface area contributed by atoms with Gasteiger partial charge in [0.25, 0.3) is 11.8 Å². The minimum Gasteiger partial charge on any atom is -0.368 e. The van der Waals surface area contributed by atoms with Gasteiger partial charge in [-0.3, -0.25) is 14.9 Å². The Morgan fingerprint density at radius 1 is 1.43 bits per heavy atom. The Labute approximate surface area is 126 Å². The van der Waals surface area contributed by atoms with Crippen molar-refractivity contribution in [2.75, 3.05) is 38.1 Å². The molecule has 0 bridgehead atoms. The van der Waals surface area contributed by atoms with Crippen molar-refractivity contribution < 1.29 is 14.3 Å². The van der Waals surface area contributed by atoms with E-state index in [0.29, 0.717) is 30.5 Å². The number of rotatable bonds is 3. The molecule has 1 aromatic rings. The summed E-state index contributed by atoms with van der Waals surface area (Å²) in [5, 5.41) is 8.07. The number of aromatic nitrogens is 1. The van der Waals surface area contributed by atoms with Gasteiger partial charge in [0.05, 0.1) is 0 Å². The van der Waals surface area contributed by atoms with Crippen molar-refractivity contribution in [2.45, 2.75) is 18.9 Å². The molecule has 0 saturated carbocycles. The maximum Gasteiger partial charge on any atom is 0.273 e. The number of nitrogens with zero attached hydrogens (tertiary/aromatic N) is 2. The number of hydrogen-bond donors (Lipinski definition) is 2. The van der Waals surface area contributed by atoms with Gasteiger partial charge >= 0.3 is 0 Å². The van der Waals surface area contributed by atoms with E-state index in [2.05, 4.69) is 15.6 Å². The molecule has 0 radical (unpaired) electrons. The quantitative estimate of drug-likeness (QED) is 0.839. The summed E-state index contributed by atoms with van der Waals surface area (Å²) in [6.07, 6.45) is 1.26. The molecule has 7 nitrogen and oxygen atoms in total. The van der Waals surface area contributed by atoms with Crippen molar-refractivity contribution in [1.82, 2.24) is 15.2 Å². The van der Waals surface area contributed by atoms with Gasteiger partial charge < -0.3 is 15.0 Å². The number of nitrogens with one attached hydrogen (secondary N) is 2. The van der Waals surface area contributed by atoms with Crippen LogP contribution < -0.4 is 10.6 Å². The van der Waals surface area contributed by atoms with Crippen molar-refractivity contribution >= 4 is 28.3 Å². The Bertz CT molecular complexity index is 521. The zero-order valence-electron chi connectivity index (χ0n) is 11.6. The summed E-state index contributed by atoms with van der Waals surface area (Å²) in [4.78, 5) is 30.2. The molecule has 3 rings (SSSR count). The van der Waals surface area contributed by atoms with Crippen LogP contribution in [0.15, 0.2) is 5.38 Å². The third kappa shape index (κ3) is 3.39. The van der Waals surface area contributed by atoms with Crippen molar-refractivity contribution in [3.05, 3.63) is 11.1 Å². The number of carbonyl (C=O) groups excluding carboxylic acids is 2. The van der Waals surface area contributed by atoms with Gasteiger partial charge in [-0.25, -0.2) is 4.98 Å². The first kappa shape index (κ1) is 14.4. The van der Waals surface area contributed by atoms with E-state index in [1.807, 2.05) is 0 Å². The van der Waals surface area contributed by atoms with Gasteiger partial charge in [-0.2, -0.15) is 0 Å². The SMILES string of the molecule is O=C(Nc1nc(C(=O)N2CCNCC2)cs1)C1CCCO1. The second kappa shape index (κ2) is 6.50. The molecule has 3 heterocycles. The lowest BCUT2D eigenvalue weighted by Crippen LogP contribution is -2.46. The van der Waals surface area contributed by atoms with Gasteiger partial charge in [0, 0.05) is 38.2 Å². The Morgan fingerprint density at radius 3 is 2.95 bits per heavy atom. The first-order valence-corrected chi connectivity index (χ1v) is 8.00. The van der Waals surface area contributed by atoms with E-state index in [9.17, 15) is 9.59 Å². The van der Waals surface area contributed by atoms with Crippen molar-refractivity contribution in [3.8, 4) is 0 Å². The maximum absolute atomic E-state index is 12.3. The van der Waals surface area contributed by atoms with E-state index < -0.39 is 0 Å². The lowest BCUT2D eigenvalue weighted by atomic mass is 10.2. The van der Waals surface area contributed by atoms with Crippen molar-refractivity contribution in [1.29, 1.82) is 0 Å². The normalized spacial score (nSPS) is 22.3. The molecule has 0 aromatic carbocycles. The van der Waals surface area contributed by atoms with Crippen LogP contribution in [-0.2, 0) is 9.53 Å². The third-order valence-electron chi connectivity index (χ3n) is 3.58. The fourth-order valence-corrected chi connectivity index (χ4v) is 3.12. The number of thiazole rings is 1. The van der Waals surface area contributed by atoms with Crippen LogP contribution in [0.4, 0.5) is 5.13 Å². The summed E-state index contributed by atoms with van der Waals surface area (Å²) < 4.78 is 5.32. The molecule has 8 heteroatoms. The van der Waals surface area contributed by atoms with Gasteiger partial charge in [0.15, 0.2) is 5.13 Å². The zero-order valence-corrected chi connectivity index (χ0v) is 12.4. The van der Waals surface area contributed by atoms with Gasteiger partial charge in [0.1, 0.15) is 11.8 Å². The van der Waals surface area contributed by atoms with E-state index in [4.69, 9.17) is 4.74 Å². The predicted molar refractivity (Wildman–Crippen MR) is 78.5 cm³/mol. The Balaban J connectivity index is 1.60. The fourth-order valence-electron chi connectivity index (χ4n) is 2.43. The summed E-state index contributed by atoms with van der Waals surface area (Å²) in [5.74, 6) is -0.256. The van der Waals surface area contributed by atoms with E-state index in [1.54, 1.807) is 10.3 Å². The van der Waals surface area contributed by atoms with E-state index in [1.165, 1.54) is 11.3 Å². The largest absolute Gasteiger partial charge is 0.368 e. The average molecular weight is 310 g/mol. The number of carbonyl (C=O) groups is 2. The predicted octanol–water partition coefficient (Wildman–Crippen LogP) is 0.306. The Hall–Kier alpha value is -1.51. The Kier molecular flexibility index (Phi) is 4.47. The molecule has 2 N–H and O–H groups in total. The second-order valence-electron chi connectivity index (χ2n) is 5.07. The van der Waals surface area contributed by atoms with E-state index >= 15 is 0 Å². The molecule has 2 aliphatic rings. The van der Waals surface area contributed by atoms with Crippen LogP contribution in [0.5, 0.6) is 0 Å². The smallest absolute Gasteiger partial charge is 0.273 e. The lowest BCUT2D eigenvalue weighted by Gasteiger charge is -2.26. The molecular formula is C13H18N4O3S. The highest BCUT2D eigenvalue weighted by atomic mass is 32.1. The summed E-state index contributed by atoms with van der Waals surface area (Å²) in [5.41, 5.74) is 0.393. The van der Waals surface area contributed by atoms with Crippen LogP contribution in [0.25, 0.3) is 0 Å². The Morgan fingerprint density at radius 2 is 2.24 bits per heavy atom. The third-order valence-corrected chi connectivity index (χ3v) is 4.34. The van der Waals surface area contributed by atoms with Gasteiger partial charge in [-0.05, 0) is 12.8 Å². The number of hydrogen-bond acceptors (Lipinski definition) is 6. The molecule has 0 spiro atoms. The van der Waals surface area contributed by atoms with Crippen molar-refractivity contribution in [3.63, 3.8) is 0 Å². The summed E-state index contributed by atoms with van der Waals surface area (Å²) in [7, 11) is 0. The number of amides is 2. The zero-order chi connectivity index (χ0) is 14.7. The van der Waals surface area contributed by atoms with Gasteiger partial charge in [0.2, 0.25) is 0 Å². The van der Waals surface area contributed by atoms with E-state index in [-0.39, 0.29) is 17.9 Å². The molecule has 1 atom stereocenters. The van der Waals surface area contributed by atoms with E-state index in [0.717, 1.165) is 25.9 Å². The molecule has 2 fully saturated rings. The monoisotopic (exact) mass is 310 g/mol. The topological polar surface area (TPSA) is 83.6 Å². The molecule has 2 aliphatic heterocycles. The summed E-state index contributed by atoms with van der Waals surface area (Å²) in [6, 6.07) is 0. The minimum absolute atomic E-state index is 0.0784. The maximum atomic E-state index is 12.3. The van der Waals surface area contributed by atoms with Crippen LogP contribution in [0.1, 0.15) is 23.3 Å². The molecule has 0 aliphatic carbocycles. The van der Waals surface area contributed by atoms with Crippen LogP contribution in [0, 0.1) is 0 Å². The van der Waals surface area contributed by atoms with Gasteiger partial charge in [-0.1, -0.05) is 0 Å². The minimum atomic E-state index is -0.388. The van der Waals surface area contributed by atoms with Crippen molar-refractivity contribution in [2.24, 2.45) is 0 Å². The molecule has 21 heavy (non-hydrogen) atoms. The highest BCUT2D eigenvalue weighted by Crippen LogP contribution is 2.19. The standard InChI is InChI=1S/C13H18N4O3S/c18-11(10-2-1-7-20-10)16-13-15-9(8-21-13)12(19)17-5-3-14-4-6-17/h8,10,14H,1-7H2,(H,15,16,18). The number of ether oxygens (including phenoxy) is 1. The van der Waals surface area contributed by atoms with Gasteiger partial charge in [-0.15, -0.1) is 11.3 Å². The average Bonchev–Trinajstić information content (AvgIpc) is 3.19. The first-order valence-electron chi connectivity index (χ1n) is 7.12. The molecule has 2 saturated heterocycles. The van der Waals surface area contributed by atoms with Crippen LogP contribution in [0.2, 0.25) is 0 Å². The number of anilines is 1. The van der Waals surface area contributed by atoms with Crippen LogP contribution >= 0.6 is 11.3 Å². The summed E-state index contributed by atoms with van der Waals surface area (Å²) >= 11 is 1.27. The fraction of sp³-hybridized carbons (Fsp3) is 0.615. The van der Waals surface area contributed by atoms with Crippen LogP contribution in [-0.4, -0.2) is 60.6 Å². The molecule has 1 aromatic heterocycles. The summed E-state index contributed by atoms with van der Waals surface area (Å²) in [6.45, 7) is 3.61. The molecule has 114 valence electrons. The number of piperazine rings is 1. The molecular weight excluding hydrogens is 292 g/mol. The second-order valence-corrected chi connectivity index (χ2v) is 5.93. The highest BCUT2D eigenvalue weighted by Gasteiger charge is 2.25. The molecule has 2 amide bonds. The highest BCUT2D eigenvalue weighted by molar-refractivity contribution is 7.14. The lowest BCUT2D eigenvalue weighted by molar-refractivity contribution is -0.124. The first-order chi connectivity index (χ1) is 10.2. The molecule has 1 unspecified atom stereocenters.